The summed E-state index contributed by atoms with van der Waals surface area (Å²) in [5.41, 5.74) is 0.0703. The van der Waals surface area contributed by atoms with Gasteiger partial charge in [0.2, 0.25) is 5.82 Å². The van der Waals surface area contributed by atoms with Crippen LogP contribution in [0.3, 0.4) is 0 Å². The maximum Gasteiger partial charge on any atom is 0.332 e. The van der Waals surface area contributed by atoms with Crippen LogP contribution in [0.1, 0.15) is 0 Å². The summed E-state index contributed by atoms with van der Waals surface area (Å²) in [5, 5.41) is 3.29. The van der Waals surface area contributed by atoms with Crippen molar-refractivity contribution in [1.82, 2.24) is 23.7 Å². The Labute approximate surface area is 160 Å². The van der Waals surface area contributed by atoms with Gasteiger partial charge < -0.3 is 4.57 Å². The second-order valence-electron chi connectivity index (χ2n) is 6.44. The maximum atomic E-state index is 12.6. The Morgan fingerprint density at radius 1 is 1.04 bits per heavy atom. The molecule has 0 saturated heterocycles. The van der Waals surface area contributed by atoms with E-state index in [4.69, 9.17) is 0 Å². The minimum absolute atomic E-state index is 0.347. The number of hydrogen-bond acceptors (Lipinski definition) is 5. The molecule has 9 heteroatoms. The van der Waals surface area contributed by atoms with Gasteiger partial charge in [0.1, 0.15) is 6.54 Å². The van der Waals surface area contributed by atoms with Gasteiger partial charge in [-0.3, -0.25) is 13.9 Å². The van der Waals surface area contributed by atoms with Crippen LogP contribution in [0.2, 0.25) is 0 Å². The predicted molar refractivity (Wildman–Crippen MR) is 104 cm³/mol. The topological polar surface area (TPSA) is 90.6 Å². The number of imidazole rings is 1. The number of pyridine rings is 2. The van der Waals surface area contributed by atoms with Crippen LogP contribution in [0.5, 0.6) is 0 Å². The number of anilines is 2. The van der Waals surface area contributed by atoms with Gasteiger partial charge in [0, 0.05) is 32.4 Å². The molecule has 0 bridgehead atoms. The van der Waals surface area contributed by atoms with E-state index in [1.165, 1.54) is 11.6 Å². The summed E-state index contributed by atoms with van der Waals surface area (Å²) in [7, 11) is 3.09. The number of aryl methyl sites for hydroxylation is 3. The molecule has 28 heavy (non-hydrogen) atoms. The highest BCUT2D eigenvalue weighted by atomic mass is 16.2. The van der Waals surface area contributed by atoms with Crippen molar-refractivity contribution in [3.63, 3.8) is 0 Å². The summed E-state index contributed by atoms with van der Waals surface area (Å²) >= 11 is 0. The minimum Gasteiger partial charge on any atom is -0.321 e. The van der Waals surface area contributed by atoms with Gasteiger partial charge in [0.05, 0.1) is 19.1 Å². The Hall–Kier alpha value is -3.75. The lowest BCUT2D eigenvalue weighted by Gasteiger charge is -2.08. The Kier molecular flexibility index (Phi) is 4.48. The van der Waals surface area contributed by atoms with E-state index in [1.807, 2.05) is 47.2 Å². The van der Waals surface area contributed by atoms with Gasteiger partial charge in [-0.05, 0) is 12.1 Å². The predicted octanol–water partition coefficient (Wildman–Crippen LogP) is 0.560. The molecule has 0 aromatic carbocycles. The van der Waals surface area contributed by atoms with Gasteiger partial charge in [-0.2, -0.15) is 0 Å². The second kappa shape index (κ2) is 7.10. The van der Waals surface area contributed by atoms with Gasteiger partial charge in [0.25, 0.3) is 11.4 Å². The molecular formula is C19H20N7O2+. The fourth-order valence-corrected chi connectivity index (χ4v) is 3.13. The average molecular weight is 378 g/mol. The van der Waals surface area contributed by atoms with Crippen LogP contribution in [0.25, 0.3) is 11.2 Å². The van der Waals surface area contributed by atoms with Crippen molar-refractivity contribution in [2.24, 2.45) is 14.1 Å². The van der Waals surface area contributed by atoms with E-state index in [0.29, 0.717) is 24.3 Å². The highest BCUT2D eigenvalue weighted by Gasteiger charge is 2.15. The van der Waals surface area contributed by atoms with Gasteiger partial charge in [-0.25, -0.2) is 24.6 Å². The lowest BCUT2D eigenvalue weighted by molar-refractivity contribution is -0.684. The Bertz CT molecular complexity index is 1250. The van der Waals surface area contributed by atoms with Crippen molar-refractivity contribution >= 4 is 22.8 Å². The van der Waals surface area contributed by atoms with Crippen molar-refractivity contribution in [2.75, 3.05) is 5.32 Å². The van der Waals surface area contributed by atoms with Crippen LogP contribution in [0.15, 0.2) is 64.7 Å². The first-order valence-electron chi connectivity index (χ1n) is 8.83. The van der Waals surface area contributed by atoms with Crippen LogP contribution in [0, 0.1) is 0 Å². The van der Waals surface area contributed by atoms with Crippen molar-refractivity contribution in [1.29, 1.82) is 0 Å². The van der Waals surface area contributed by atoms with Crippen LogP contribution in [-0.2, 0) is 27.2 Å². The number of aromatic nitrogens is 6. The lowest BCUT2D eigenvalue weighted by Crippen LogP contribution is -2.39. The number of nitrogens with one attached hydrogen (secondary N) is 1. The van der Waals surface area contributed by atoms with Crippen molar-refractivity contribution in [3.05, 3.63) is 76.0 Å². The largest absolute Gasteiger partial charge is 0.332 e. The van der Waals surface area contributed by atoms with Crippen LogP contribution < -0.4 is 21.1 Å². The molecular weight excluding hydrogens is 358 g/mol. The molecule has 0 amide bonds. The molecule has 0 spiro atoms. The summed E-state index contributed by atoms with van der Waals surface area (Å²) in [5.74, 6) is 1.63. The van der Waals surface area contributed by atoms with E-state index in [9.17, 15) is 9.59 Å². The van der Waals surface area contributed by atoms with Gasteiger partial charge in [-0.1, -0.05) is 12.1 Å². The van der Waals surface area contributed by atoms with Crippen LogP contribution in [0.4, 0.5) is 11.6 Å². The molecule has 0 saturated carbocycles. The monoisotopic (exact) mass is 378 g/mol. The molecule has 4 rings (SSSR count). The minimum atomic E-state index is -0.387. The van der Waals surface area contributed by atoms with E-state index >= 15 is 0 Å². The third kappa shape index (κ3) is 3.07. The van der Waals surface area contributed by atoms with E-state index in [2.05, 4.69) is 15.3 Å². The molecule has 1 N–H and O–H groups in total. The second-order valence-corrected chi connectivity index (χ2v) is 6.44. The Morgan fingerprint density at radius 3 is 2.64 bits per heavy atom. The zero-order valence-electron chi connectivity index (χ0n) is 15.6. The fraction of sp³-hybridized carbons (Fsp3) is 0.211. The number of nitrogens with zero attached hydrogens (tertiary/aromatic N) is 6. The van der Waals surface area contributed by atoms with Crippen molar-refractivity contribution in [3.8, 4) is 0 Å². The fourth-order valence-electron chi connectivity index (χ4n) is 3.13. The molecule has 0 aliphatic heterocycles. The Morgan fingerprint density at radius 2 is 1.86 bits per heavy atom. The molecule has 142 valence electrons. The molecule has 4 aromatic rings. The first kappa shape index (κ1) is 17.7. The summed E-state index contributed by atoms with van der Waals surface area (Å²) in [6.07, 6.45) is 5.28. The zero-order valence-corrected chi connectivity index (χ0v) is 15.6. The number of fused-ring (bicyclic) bond motifs is 1. The normalized spacial score (nSPS) is 11.1. The quantitative estimate of drug-likeness (QED) is 0.513. The number of hydrogen-bond donors (Lipinski definition) is 1. The van der Waals surface area contributed by atoms with Crippen LogP contribution in [-0.4, -0.2) is 23.7 Å². The van der Waals surface area contributed by atoms with E-state index in [0.717, 1.165) is 16.2 Å². The highest BCUT2D eigenvalue weighted by Crippen LogP contribution is 2.10. The molecule has 0 fully saturated rings. The summed E-state index contributed by atoms with van der Waals surface area (Å²) in [6, 6.07) is 11.5. The highest BCUT2D eigenvalue weighted by molar-refractivity contribution is 5.69. The molecule has 0 atom stereocenters. The van der Waals surface area contributed by atoms with E-state index < -0.39 is 0 Å². The summed E-state index contributed by atoms with van der Waals surface area (Å²) in [4.78, 5) is 33.2. The number of rotatable bonds is 5. The molecule has 4 aromatic heterocycles. The third-order valence-corrected chi connectivity index (χ3v) is 4.66. The van der Waals surface area contributed by atoms with Crippen LogP contribution >= 0.6 is 0 Å². The van der Waals surface area contributed by atoms with Gasteiger partial charge >= 0.3 is 5.69 Å². The molecule has 4 heterocycles. The third-order valence-electron chi connectivity index (χ3n) is 4.66. The average Bonchev–Trinajstić information content (AvgIpc) is 3.15. The first-order valence-corrected chi connectivity index (χ1v) is 8.83. The molecule has 0 aliphatic carbocycles. The maximum absolute atomic E-state index is 12.6. The molecule has 0 radical (unpaired) electrons. The van der Waals surface area contributed by atoms with E-state index in [1.54, 1.807) is 24.1 Å². The molecule has 0 unspecified atom stereocenters. The first-order chi connectivity index (χ1) is 13.6. The van der Waals surface area contributed by atoms with Crippen molar-refractivity contribution in [2.45, 2.75) is 13.1 Å². The Balaban J connectivity index is 1.64. The van der Waals surface area contributed by atoms with E-state index in [-0.39, 0.29) is 11.2 Å². The smallest absolute Gasteiger partial charge is 0.321 e. The standard InChI is InChI=1S/C19H19N7O2/c1-23-17-16(18(27)24(2)19(23)28)26(13-21-17)12-11-25-10-6-4-8-15(25)22-14-7-3-5-9-20-14/h3-10,13H,11-12H2,1-2H3/p+1. The SMILES string of the molecule is Cn1c(=O)c2c(ncn2CC[n+]2ccccc2Nc2ccccn2)n(C)c1=O. The van der Waals surface area contributed by atoms with Crippen molar-refractivity contribution < 1.29 is 4.57 Å². The summed E-state index contributed by atoms with van der Waals surface area (Å²) < 4.78 is 6.30. The zero-order chi connectivity index (χ0) is 19.7. The summed E-state index contributed by atoms with van der Waals surface area (Å²) in [6.45, 7) is 1.13. The lowest BCUT2D eigenvalue weighted by atomic mass is 10.4. The van der Waals surface area contributed by atoms with Gasteiger partial charge in [0.15, 0.2) is 11.2 Å². The molecule has 0 aliphatic rings. The molecule has 9 nitrogen and oxygen atoms in total. The van der Waals surface area contributed by atoms with Gasteiger partial charge in [-0.15, -0.1) is 0 Å².